The van der Waals surface area contributed by atoms with Gasteiger partial charge in [-0.3, -0.25) is 0 Å². The summed E-state index contributed by atoms with van der Waals surface area (Å²) in [5.41, 5.74) is -0.232. The van der Waals surface area contributed by atoms with E-state index in [0.717, 1.165) is 25.7 Å². The van der Waals surface area contributed by atoms with Crippen LogP contribution < -0.4 is 0 Å². The van der Waals surface area contributed by atoms with Crippen molar-refractivity contribution < 1.29 is 0 Å². The van der Waals surface area contributed by atoms with Gasteiger partial charge in [-0.05, 0) is 25.7 Å². The number of allylic oxidation sites excluding steroid dienone is 2. The highest BCUT2D eigenvalue weighted by molar-refractivity contribution is 5.08. The molecule has 0 fully saturated rings. The third-order valence-corrected chi connectivity index (χ3v) is 2.42. The van der Waals surface area contributed by atoms with Crippen molar-refractivity contribution in [2.24, 2.45) is 5.41 Å². The fourth-order valence-corrected chi connectivity index (χ4v) is 1.57. The zero-order chi connectivity index (χ0) is 8.86. The zero-order valence-electron chi connectivity index (χ0n) is 7.08. The fraction of sp³-hybridized carbons (Fsp3) is 0.600. The summed E-state index contributed by atoms with van der Waals surface area (Å²) < 4.78 is 0. The standard InChI is InChI=1S/C10H12N2/c11-8-4-7-10(9-12)5-2-1-3-6-10/h1-2H,3-7H2. The summed E-state index contributed by atoms with van der Waals surface area (Å²) in [6.45, 7) is 0. The van der Waals surface area contributed by atoms with Crippen LogP contribution in [0, 0.1) is 28.1 Å². The van der Waals surface area contributed by atoms with Crippen LogP contribution in [0.3, 0.4) is 0 Å². The number of hydrogen-bond donors (Lipinski definition) is 0. The fourth-order valence-electron chi connectivity index (χ4n) is 1.57. The van der Waals surface area contributed by atoms with Gasteiger partial charge in [0.25, 0.3) is 0 Å². The summed E-state index contributed by atoms with van der Waals surface area (Å²) in [6.07, 6.45) is 8.13. The van der Waals surface area contributed by atoms with E-state index in [1.54, 1.807) is 0 Å². The van der Waals surface area contributed by atoms with Crippen molar-refractivity contribution in [1.29, 1.82) is 10.5 Å². The molecule has 0 aliphatic heterocycles. The molecule has 0 N–H and O–H groups in total. The first-order valence-corrected chi connectivity index (χ1v) is 4.26. The minimum Gasteiger partial charge on any atom is -0.198 e. The molecule has 0 saturated carbocycles. The molecule has 2 nitrogen and oxygen atoms in total. The largest absolute Gasteiger partial charge is 0.198 e. The maximum absolute atomic E-state index is 8.97. The molecule has 0 aromatic rings. The van der Waals surface area contributed by atoms with Gasteiger partial charge in [0.2, 0.25) is 0 Å². The van der Waals surface area contributed by atoms with Gasteiger partial charge in [-0.25, -0.2) is 0 Å². The van der Waals surface area contributed by atoms with Gasteiger partial charge in [-0.15, -0.1) is 0 Å². The van der Waals surface area contributed by atoms with Crippen molar-refractivity contribution in [3.05, 3.63) is 12.2 Å². The Morgan fingerprint density at radius 2 is 2.17 bits per heavy atom. The zero-order valence-corrected chi connectivity index (χ0v) is 7.08. The predicted molar refractivity (Wildman–Crippen MR) is 45.9 cm³/mol. The average Bonchev–Trinajstić information content (AvgIpc) is 2.16. The van der Waals surface area contributed by atoms with Crippen LogP contribution in [0.1, 0.15) is 32.1 Å². The van der Waals surface area contributed by atoms with Gasteiger partial charge in [0.15, 0.2) is 0 Å². The lowest BCUT2D eigenvalue weighted by atomic mass is 9.75. The van der Waals surface area contributed by atoms with Crippen molar-refractivity contribution in [2.75, 3.05) is 0 Å². The van der Waals surface area contributed by atoms with Gasteiger partial charge < -0.3 is 0 Å². The summed E-state index contributed by atoms with van der Waals surface area (Å²) in [4.78, 5) is 0. The summed E-state index contributed by atoms with van der Waals surface area (Å²) in [5, 5.41) is 17.4. The van der Waals surface area contributed by atoms with Crippen LogP contribution in [0.15, 0.2) is 12.2 Å². The van der Waals surface area contributed by atoms with E-state index in [1.165, 1.54) is 0 Å². The van der Waals surface area contributed by atoms with Crippen LogP contribution in [0.25, 0.3) is 0 Å². The quantitative estimate of drug-likeness (QED) is 0.583. The van der Waals surface area contributed by atoms with Crippen LogP contribution in [-0.2, 0) is 0 Å². The van der Waals surface area contributed by atoms with E-state index in [2.05, 4.69) is 24.3 Å². The van der Waals surface area contributed by atoms with E-state index in [0.29, 0.717) is 6.42 Å². The first-order chi connectivity index (χ1) is 5.83. The second kappa shape index (κ2) is 3.93. The van der Waals surface area contributed by atoms with E-state index in [9.17, 15) is 0 Å². The molecule has 12 heavy (non-hydrogen) atoms. The highest BCUT2D eigenvalue weighted by atomic mass is 14.4. The molecule has 0 aromatic heterocycles. The summed E-state index contributed by atoms with van der Waals surface area (Å²) >= 11 is 0. The van der Waals surface area contributed by atoms with Crippen LogP contribution in [0.2, 0.25) is 0 Å². The topological polar surface area (TPSA) is 47.6 Å². The van der Waals surface area contributed by atoms with Crippen LogP contribution in [0.5, 0.6) is 0 Å². The highest BCUT2D eigenvalue weighted by Crippen LogP contribution is 2.36. The Morgan fingerprint density at radius 3 is 2.67 bits per heavy atom. The van der Waals surface area contributed by atoms with Crippen LogP contribution in [0.4, 0.5) is 0 Å². The van der Waals surface area contributed by atoms with Crippen molar-refractivity contribution in [3.63, 3.8) is 0 Å². The Bertz CT molecular complexity index is 254. The van der Waals surface area contributed by atoms with Crippen molar-refractivity contribution in [2.45, 2.75) is 32.1 Å². The molecule has 0 spiro atoms. The van der Waals surface area contributed by atoms with Gasteiger partial charge in [0.05, 0.1) is 17.6 Å². The molecular weight excluding hydrogens is 148 g/mol. The lowest BCUT2D eigenvalue weighted by molar-refractivity contribution is 0.334. The van der Waals surface area contributed by atoms with Gasteiger partial charge in [-0.2, -0.15) is 10.5 Å². The van der Waals surface area contributed by atoms with Crippen LogP contribution in [-0.4, -0.2) is 0 Å². The average molecular weight is 160 g/mol. The predicted octanol–water partition coefficient (Wildman–Crippen LogP) is 2.54. The molecule has 0 aromatic carbocycles. The molecule has 1 unspecified atom stereocenters. The van der Waals surface area contributed by atoms with Gasteiger partial charge in [0, 0.05) is 6.42 Å². The first kappa shape index (κ1) is 8.81. The second-order valence-electron chi connectivity index (χ2n) is 3.26. The molecule has 0 amide bonds. The van der Waals surface area contributed by atoms with Crippen molar-refractivity contribution >= 4 is 0 Å². The lowest BCUT2D eigenvalue weighted by Gasteiger charge is -2.26. The monoisotopic (exact) mass is 160 g/mol. The molecule has 2 heteroatoms. The Balaban J connectivity index is 2.59. The number of rotatable bonds is 2. The number of nitrogens with zero attached hydrogens (tertiary/aromatic N) is 2. The number of nitriles is 2. The van der Waals surface area contributed by atoms with E-state index in [-0.39, 0.29) is 5.41 Å². The van der Waals surface area contributed by atoms with E-state index < -0.39 is 0 Å². The minimum absolute atomic E-state index is 0.232. The third kappa shape index (κ3) is 1.86. The van der Waals surface area contributed by atoms with E-state index >= 15 is 0 Å². The third-order valence-electron chi connectivity index (χ3n) is 2.42. The molecule has 1 aliphatic carbocycles. The Kier molecular flexibility index (Phi) is 2.88. The molecule has 0 radical (unpaired) electrons. The Labute approximate surface area is 73.1 Å². The van der Waals surface area contributed by atoms with Crippen LogP contribution >= 0.6 is 0 Å². The summed E-state index contributed by atoms with van der Waals surface area (Å²) in [5.74, 6) is 0. The summed E-state index contributed by atoms with van der Waals surface area (Å²) in [7, 11) is 0. The molecule has 0 bridgehead atoms. The molecule has 1 rings (SSSR count). The maximum Gasteiger partial charge on any atom is 0.0693 e. The SMILES string of the molecule is N#CCCC1(C#N)CC=CCC1. The molecule has 1 aliphatic rings. The maximum atomic E-state index is 8.97. The van der Waals surface area contributed by atoms with Crippen molar-refractivity contribution in [3.8, 4) is 12.1 Å². The summed E-state index contributed by atoms with van der Waals surface area (Å²) in [6, 6.07) is 4.45. The molecular formula is C10H12N2. The normalized spacial score (nSPS) is 27.5. The molecule has 1 atom stereocenters. The Morgan fingerprint density at radius 1 is 1.33 bits per heavy atom. The van der Waals surface area contributed by atoms with Gasteiger partial charge >= 0.3 is 0 Å². The molecule has 0 saturated heterocycles. The Hall–Kier alpha value is -1.28. The first-order valence-electron chi connectivity index (χ1n) is 4.26. The minimum atomic E-state index is -0.232. The van der Waals surface area contributed by atoms with Gasteiger partial charge in [0.1, 0.15) is 0 Å². The highest BCUT2D eigenvalue weighted by Gasteiger charge is 2.29. The lowest BCUT2D eigenvalue weighted by Crippen LogP contribution is -2.19. The number of hydrogen-bond acceptors (Lipinski definition) is 2. The van der Waals surface area contributed by atoms with E-state index in [4.69, 9.17) is 10.5 Å². The van der Waals surface area contributed by atoms with Crippen molar-refractivity contribution in [1.82, 2.24) is 0 Å². The second-order valence-corrected chi connectivity index (χ2v) is 3.26. The molecule has 62 valence electrons. The van der Waals surface area contributed by atoms with E-state index in [1.807, 2.05) is 0 Å². The van der Waals surface area contributed by atoms with Gasteiger partial charge in [-0.1, -0.05) is 12.2 Å². The smallest absolute Gasteiger partial charge is 0.0693 e. The molecule has 0 heterocycles.